The average molecular weight is 433 g/mol. The Kier molecular flexibility index (Phi) is 8.73. The lowest BCUT2D eigenvalue weighted by Gasteiger charge is -2.21. The number of aryl methyl sites for hydroxylation is 3. The van der Waals surface area contributed by atoms with Gasteiger partial charge in [-0.1, -0.05) is 89.3 Å². The van der Waals surface area contributed by atoms with Crippen LogP contribution in [0.1, 0.15) is 110 Å². The zero-order valence-electron chi connectivity index (χ0n) is 20.3. The van der Waals surface area contributed by atoms with Gasteiger partial charge in [0.05, 0.1) is 5.56 Å². The molecular formula is C30H40O2. The maximum atomic E-state index is 11.1. The van der Waals surface area contributed by atoms with Crippen LogP contribution in [0, 0.1) is 5.41 Å². The highest BCUT2D eigenvalue weighted by Gasteiger charge is 2.23. The van der Waals surface area contributed by atoms with Gasteiger partial charge in [-0.25, -0.2) is 4.79 Å². The van der Waals surface area contributed by atoms with Gasteiger partial charge in [-0.05, 0) is 83.9 Å². The minimum absolute atomic E-state index is 0.332. The third kappa shape index (κ3) is 7.08. The van der Waals surface area contributed by atoms with Crippen molar-refractivity contribution in [2.45, 2.75) is 91.4 Å². The number of carbonyl (C=O) groups is 1. The van der Waals surface area contributed by atoms with Gasteiger partial charge in [-0.2, -0.15) is 0 Å². The fourth-order valence-corrected chi connectivity index (χ4v) is 4.69. The van der Waals surface area contributed by atoms with Crippen molar-refractivity contribution in [3.8, 4) is 0 Å². The van der Waals surface area contributed by atoms with Crippen molar-refractivity contribution >= 4 is 18.1 Å². The summed E-state index contributed by atoms with van der Waals surface area (Å²) >= 11 is 0. The number of benzene rings is 2. The molecule has 0 radical (unpaired) electrons. The van der Waals surface area contributed by atoms with Crippen molar-refractivity contribution in [1.82, 2.24) is 0 Å². The first-order valence-corrected chi connectivity index (χ1v) is 12.5. The molecule has 1 N–H and O–H groups in total. The average Bonchev–Trinajstić information content (AvgIpc) is 2.92. The first kappa shape index (κ1) is 24.3. The minimum atomic E-state index is -0.879. The van der Waals surface area contributed by atoms with Gasteiger partial charge in [0.1, 0.15) is 0 Å². The smallest absolute Gasteiger partial charge is 0.335 e. The minimum Gasteiger partial charge on any atom is -0.478 e. The molecule has 1 aliphatic rings. The standard InChI is InChI=1S/C30H40O2/c1-4-5-6-7-8-9-10-25-21-27-17-19-30(2,3)20-18-28(27)22-26(25)16-13-23-11-14-24(15-12-23)29(31)32/h11-16,21-22H,4-10,17-20H2,1-3H3,(H,31,32)/b16-13+. The number of unbranched alkanes of at least 4 members (excludes halogenated alkanes) is 5. The van der Waals surface area contributed by atoms with E-state index in [0.29, 0.717) is 11.0 Å². The molecule has 2 nitrogen and oxygen atoms in total. The van der Waals surface area contributed by atoms with E-state index in [-0.39, 0.29) is 0 Å². The molecule has 0 saturated carbocycles. The van der Waals surface area contributed by atoms with Gasteiger partial charge >= 0.3 is 5.97 Å². The van der Waals surface area contributed by atoms with Gasteiger partial charge in [-0.15, -0.1) is 0 Å². The summed E-state index contributed by atoms with van der Waals surface area (Å²) in [7, 11) is 0. The molecule has 0 heterocycles. The Balaban J connectivity index is 1.79. The summed E-state index contributed by atoms with van der Waals surface area (Å²) < 4.78 is 0. The monoisotopic (exact) mass is 432 g/mol. The first-order chi connectivity index (χ1) is 15.4. The SMILES string of the molecule is CCCCCCCCc1cc2c(cc1/C=C/c1ccc(C(=O)O)cc1)CCC(C)(C)CC2. The van der Waals surface area contributed by atoms with Crippen LogP contribution in [0.3, 0.4) is 0 Å². The van der Waals surface area contributed by atoms with Crippen molar-refractivity contribution in [2.75, 3.05) is 0 Å². The molecule has 0 fully saturated rings. The molecular weight excluding hydrogens is 392 g/mol. The molecule has 0 aliphatic heterocycles. The molecule has 172 valence electrons. The third-order valence-corrected chi connectivity index (χ3v) is 7.02. The molecule has 0 atom stereocenters. The van der Waals surface area contributed by atoms with Crippen LogP contribution in [-0.2, 0) is 19.3 Å². The summed E-state index contributed by atoms with van der Waals surface area (Å²) in [4.78, 5) is 11.1. The predicted octanol–water partition coefficient (Wildman–Crippen LogP) is 8.36. The van der Waals surface area contributed by atoms with Crippen LogP contribution >= 0.6 is 0 Å². The Morgan fingerprint density at radius 1 is 0.906 bits per heavy atom. The third-order valence-electron chi connectivity index (χ3n) is 7.02. The first-order valence-electron chi connectivity index (χ1n) is 12.5. The Morgan fingerprint density at radius 2 is 1.53 bits per heavy atom. The van der Waals surface area contributed by atoms with Crippen molar-refractivity contribution in [2.24, 2.45) is 5.41 Å². The number of carboxylic acid groups (broad SMARTS) is 1. The normalized spacial score (nSPS) is 15.5. The summed E-state index contributed by atoms with van der Waals surface area (Å²) in [6, 6.07) is 12.1. The number of hydrogen-bond donors (Lipinski definition) is 1. The van der Waals surface area contributed by atoms with E-state index in [0.717, 1.165) is 18.4 Å². The number of hydrogen-bond acceptors (Lipinski definition) is 1. The van der Waals surface area contributed by atoms with Gasteiger partial charge < -0.3 is 5.11 Å². The predicted molar refractivity (Wildman–Crippen MR) is 136 cm³/mol. The zero-order valence-corrected chi connectivity index (χ0v) is 20.3. The van der Waals surface area contributed by atoms with Crippen molar-refractivity contribution in [3.63, 3.8) is 0 Å². The van der Waals surface area contributed by atoms with E-state index >= 15 is 0 Å². The van der Waals surface area contributed by atoms with Gasteiger partial charge in [0.2, 0.25) is 0 Å². The Hall–Kier alpha value is -2.35. The zero-order chi connectivity index (χ0) is 23.0. The molecule has 0 spiro atoms. The van der Waals surface area contributed by atoms with E-state index in [1.807, 2.05) is 12.1 Å². The van der Waals surface area contributed by atoms with Gasteiger partial charge in [0.25, 0.3) is 0 Å². The highest BCUT2D eigenvalue weighted by molar-refractivity contribution is 5.88. The Labute approximate surface area is 194 Å². The molecule has 0 amide bonds. The number of rotatable bonds is 10. The Morgan fingerprint density at radius 3 is 2.19 bits per heavy atom. The van der Waals surface area contributed by atoms with E-state index in [9.17, 15) is 4.79 Å². The van der Waals surface area contributed by atoms with Crippen LogP contribution in [0.4, 0.5) is 0 Å². The summed E-state index contributed by atoms with van der Waals surface area (Å²) in [6.45, 7) is 7.07. The summed E-state index contributed by atoms with van der Waals surface area (Å²) in [6.07, 6.45) is 18.3. The molecule has 1 aliphatic carbocycles. The van der Waals surface area contributed by atoms with Crippen LogP contribution < -0.4 is 0 Å². The fraction of sp³-hybridized carbons (Fsp3) is 0.500. The lowest BCUT2D eigenvalue weighted by Crippen LogP contribution is -2.10. The summed E-state index contributed by atoms with van der Waals surface area (Å²) in [5.74, 6) is -0.879. The maximum Gasteiger partial charge on any atom is 0.335 e. The molecule has 2 aromatic carbocycles. The second kappa shape index (κ2) is 11.5. The van der Waals surface area contributed by atoms with E-state index < -0.39 is 5.97 Å². The summed E-state index contributed by atoms with van der Waals surface area (Å²) in [5, 5.41) is 9.12. The summed E-state index contributed by atoms with van der Waals surface area (Å²) in [5.41, 5.74) is 7.66. The highest BCUT2D eigenvalue weighted by Crippen LogP contribution is 2.35. The van der Waals surface area contributed by atoms with Crippen molar-refractivity contribution < 1.29 is 9.90 Å². The van der Waals surface area contributed by atoms with Crippen molar-refractivity contribution in [1.29, 1.82) is 0 Å². The van der Waals surface area contributed by atoms with Gasteiger partial charge in [0, 0.05) is 0 Å². The largest absolute Gasteiger partial charge is 0.478 e. The lowest BCUT2D eigenvalue weighted by molar-refractivity contribution is 0.0697. The number of fused-ring (bicyclic) bond motifs is 1. The maximum absolute atomic E-state index is 11.1. The van der Waals surface area contributed by atoms with Gasteiger partial charge in [-0.3, -0.25) is 0 Å². The van der Waals surface area contributed by atoms with Crippen LogP contribution in [0.25, 0.3) is 12.2 Å². The number of carboxylic acids is 1. The quantitative estimate of drug-likeness (QED) is 0.233. The van der Waals surface area contributed by atoms with Crippen molar-refractivity contribution in [3.05, 3.63) is 69.8 Å². The van der Waals surface area contributed by atoms with Crippen LogP contribution in [0.2, 0.25) is 0 Å². The van der Waals surface area contributed by atoms with E-state index in [1.54, 1.807) is 17.7 Å². The second-order valence-corrected chi connectivity index (χ2v) is 10.3. The van der Waals surface area contributed by atoms with Gasteiger partial charge in [0.15, 0.2) is 0 Å². The molecule has 2 heteroatoms. The topological polar surface area (TPSA) is 37.3 Å². The second-order valence-electron chi connectivity index (χ2n) is 10.3. The molecule has 0 saturated heterocycles. The lowest BCUT2D eigenvalue weighted by atomic mass is 9.85. The fourth-order valence-electron chi connectivity index (χ4n) is 4.69. The molecule has 32 heavy (non-hydrogen) atoms. The molecule has 2 aromatic rings. The van der Waals surface area contributed by atoms with E-state index in [4.69, 9.17) is 5.11 Å². The molecule has 0 aromatic heterocycles. The molecule has 0 unspecified atom stereocenters. The highest BCUT2D eigenvalue weighted by atomic mass is 16.4. The molecule has 0 bridgehead atoms. The van der Waals surface area contributed by atoms with Crippen LogP contribution in [0.5, 0.6) is 0 Å². The Bertz CT molecular complexity index is 919. The number of aromatic carboxylic acids is 1. The van der Waals surface area contributed by atoms with E-state index in [1.165, 1.54) is 74.5 Å². The molecule has 3 rings (SSSR count). The van der Waals surface area contributed by atoms with Crippen LogP contribution in [0.15, 0.2) is 36.4 Å². The van der Waals surface area contributed by atoms with Crippen LogP contribution in [-0.4, -0.2) is 11.1 Å². The van der Waals surface area contributed by atoms with E-state index in [2.05, 4.69) is 45.1 Å².